The van der Waals surface area contributed by atoms with E-state index in [4.69, 9.17) is 11.0 Å². The molecule has 0 aromatic heterocycles. The maximum Gasteiger partial charge on any atom is 0.222 e. The van der Waals surface area contributed by atoms with Gasteiger partial charge in [-0.25, -0.2) is 0 Å². The van der Waals surface area contributed by atoms with Crippen molar-refractivity contribution in [3.8, 4) is 6.07 Å². The quantitative estimate of drug-likeness (QED) is 0.786. The SMILES string of the molecule is CN1C(=O)CCC(N)C1c1ccc(C#N)cc1. The average Bonchev–Trinajstić information content (AvgIpc) is 2.35. The molecule has 1 aliphatic rings. The summed E-state index contributed by atoms with van der Waals surface area (Å²) >= 11 is 0. The van der Waals surface area contributed by atoms with Crippen molar-refractivity contribution in [1.82, 2.24) is 4.90 Å². The van der Waals surface area contributed by atoms with Gasteiger partial charge in [0.15, 0.2) is 0 Å². The average molecular weight is 229 g/mol. The van der Waals surface area contributed by atoms with Crippen LogP contribution in [0.5, 0.6) is 0 Å². The third-order valence-electron chi connectivity index (χ3n) is 3.29. The number of benzene rings is 1. The Morgan fingerprint density at radius 1 is 1.41 bits per heavy atom. The predicted octanol–water partition coefficient (Wildman–Crippen LogP) is 1.18. The van der Waals surface area contributed by atoms with Crippen LogP contribution < -0.4 is 5.73 Å². The second kappa shape index (κ2) is 4.56. The van der Waals surface area contributed by atoms with Gasteiger partial charge in [-0.15, -0.1) is 0 Å². The molecule has 88 valence electrons. The fourth-order valence-electron chi connectivity index (χ4n) is 2.29. The van der Waals surface area contributed by atoms with E-state index >= 15 is 0 Å². The Kier molecular flexibility index (Phi) is 3.12. The lowest BCUT2D eigenvalue weighted by Gasteiger charge is -2.37. The number of likely N-dealkylation sites (tertiary alicyclic amines) is 1. The molecule has 2 rings (SSSR count). The molecule has 2 atom stereocenters. The van der Waals surface area contributed by atoms with Crippen LogP contribution in [0.3, 0.4) is 0 Å². The molecule has 0 saturated carbocycles. The van der Waals surface area contributed by atoms with Crippen molar-refractivity contribution in [3.05, 3.63) is 35.4 Å². The first-order valence-corrected chi connectivity index (χ1v) is 5.65. The van der Waals surface area contributed by atoms with E-state index in [0.29, 0.717) is 18.4 Å². The summed E-state index contributed by atoms with van der Waals surface area (Å²) < 4.78 is 0. The highest BCUT2D eigenvalue weighted by Crippen LogP contribution is 2.29. The Hall–Kier alpha value is -1.86. The largest absolute Gasteiger partial charge is 0.337 e. The number of nitrogens with two attached hydrogens (primary N) is 1. The summed E-state index contributed by atoms with van der Waals surface area (Å²) in [5.41, 5.74) is 7.69. The van der Waals surface area contributed by atoms with Crippen LogP contribution in [0.15, 0.2) is 24.3 Å². The van der Waals surface area contributed by atoms with Crippen LogP contribution in [-0.2, 0) is 4.79 Å². The van der Waals surface area contributed by atoms with Crippen molar-refractivity contribution < 1.29 is 4.79 Å². The molecule has 1 heterocycles. The fraction of sp³-hybridized carbons (Fsp3) is 0.385. The monoisotopic (exact) mass is 229 g/mol. The van der Waals surface area contributed by atoms with Crippen LogP contribution in [0.2, 0.25) is 0 Å². The van der Waals surface area contributed by atoms with E-state index in [9.17, 15) is 4.79 Å². The standard InChI is InChI=1S/C13H15N3O/c1-16-12(17)7-6-11(15)13(16)10-4-2-9(8-14)3-5-10/h2-5,11,13H,6-7,15H2,1H3. The second-order valence-corrected chi connectivity index (χ2v) is 4.39. The predicted molar refractivity (Wildman–Crippen MR) is 63.9 cm³/mol. The zero-order chi connectivity index (χ0) is 12.4. The number of carbonyl (C=O) groups is 1. The minimum Gasteiger partial charge on any atom is -0.337 e. The summed E-state index contributed by atoms with van der Waals surface area (Å²) in [7, 11) is 1.78. The lowest BCUT2D eigenvalue weighted by molar-refractivity contribution is -0.135. The molecule has 4 heteroatoms. The third-order valence-corrected chi connectivity index (χ3v) is 3.29. The molecule has 0 aliphatic carbocycles. The van der Waals surface area contributed by atoms with Crippen molar-refractivity contribution in [1.29, 1.82) is 5.26 Å². The summed E-state index contributed by atoms with van der Waals surface area (Å²) in [5.74, 6) is 0.126. The van der Waals surface area contributed by atoms with Crippen LogP contribution in [0.1, 0.15) is 30.0 Å². The lowest BCUT2D eigenvalue weighted by Crippen LogP contribution is -2.46. The third kappa shape index (κ3) is 2.15. The molecule has 1 aliphatic heterocycles. The molecule has 17 heavy (non-hydrogen) atoms. The highest BCUT2D eigenvalue weighted by molar-refractivity contribution is 5.77. The Balaban J connectivity index is 2.30. The van der Waals surface area contributed by atoms with Gasteiger partial charge in [-0.1, -0.05) is 12.1 Å². The summed E-state index contributed by atoms with van der Waals surface area (Å²) in [5, 5.41) is 8.75. The van der Waals surface area contributed by atoms with Gasteiger partial charge >= 0.3 is 0 Å². The number of carbonyl (C=O) groups excluding carboxylic acids is 1. The van der Waals surface area contributed by atoms with Crippen molar-refractivity contribution >= 4 is 5.91 Å². The number of hydrogen-bond acceptors (Lipinski definition) is 3. The molecule has 1 aromatic rings. The Labute approximate surface area is 101 Å². The summed E-state index contributed by atoms with van der Waals surface area (Å²) in [4.78, 5) is 13.4. The summed E-state index contributed by atoms with van der Waals surface area (Å²) in [6.45, 7) is 0. The van der Waals surface area contributed by atoms with Gasteiger partial charge in [-0.3, -0.25) is 4.79 Å². The van der Waals surface area contributed by atoms with Crippen molar-refractivity contribution in [2.24, 2.45) is 5.73 Å². The van der Waals surface area contributed by atoms with E-state index in [-0.39, 0.29) is 18.0 Å². The first-order valence-electron chi connectivity index (χ1n) is 5.65. The normalized spacial score (nSPS) is 24.5. The van der Waals surface area contributed by atoms with E-state index < -0.39 is 0 Å². The molecule has 0 bridgehead atoms. The van der Waals surface area contributed by atoms with Crippen LogP contribution in [0.4, 0.5) is 0 Å². The van der Waals surface area contributed by atoms with Crippen LogP contribution in [0.25, 0.3) is 0 Å². The van der Waals surface area contributed by atoms with Gasteiger partial charge in [0.1, 0.15) is 0 Å². The maximum absolute atomic E-state index is 11.7. The Bertz CT molecular complexity index is 461. The molecule has 2 N–H and O–H groups in total. The Morgan fingerprint density at radius 2 is 2.06 bits per heavy atom. The highest BCUT2D eigenvalue weighted by Gasteiger charge is 2.32. The van der Waals surface area contributed by atoms with Crippen LogP contribution >= 0.6 is 0 Å². The maximum atomic E-state index is 11.7. The minimum absolute atomic E-state index is 0.0364. The van der Waals surface area contributed by atoms with E-state index in [1.54, 1.807) is 24.1 Å². The number of hydrogen-bond donors (Lipinski definition) is 1. The fourth-order valence-corrected chi connectivity index (χ4v) is 2.29. The van der Waals surface area contributed by atoms with Gasteiger partial charge in [0.05, 0.1) is 17.7 Å². The molecule has 4 nitrogen and oxygen atoms in total. The van der Waals surface area contributed by atoms with E-state index in [2.05, 4.69) is 6.07 Å². The van der Waals surface area contributed by atoms with Crippen molar-refractivity contribution in [2.45, 2.75) is 24.9 Å². The highest BCUT2D eigenvalue weighted by atomic mass is 16.2. The number of amides is 1. The van der Waals surface area contributed by atoms with Crippen molar-refractivity contribution in [2.75, 3.05) is 7.05 Å². The van der Waals surface area contributed by atoms with Crippen LogP contribution in [-0.4, -0.2) is 23.9 Å². The van der Waals surface area contributed by atoms with Gasteiger partial charge in [-0.05, 0) is 24.1 Å². The smallest absolute Gasteiger partial charge is 0.222 e. The zero-order valence-electron chi connectivity index (χ0n) is 9.76. The second-order valence-electron chi connectivity index (χ2n) is 4.39. The molecule has 0 radical (unpaired) electrons. The first kappa shape index (κ1) is 11.6. The van der Waals surface area contributed by atoms with Gasteiger partial charge in [0.2, 0.25) is 5.91 Å². The van der Waals surface area contributed by atoms with Gasteiger partial charge in [-0.2, -0.15) is 5.26 Å². The molecule has 1 amide bonds. The van der Waals surface area contributed by atoms with E-state index in [0.717, 1.165) is 5.56 Å². The number of piperidine rings is 1. The number of likely N-dealkylation sites (N-methyl/N-ethyl adjacent to an activating group) is 1. The molecule has 1 fully saturated rings. The number of nitrogens with zero attached hydrogens (tertiary/aromatic N) is 2. The van der Waals surface area contributed by atoms with Gasteiger partial charge in [0, 0.05) is 19.5 Å². The molecular formula is C13H15N3O. The molecule has 0 spiro atoms. The molecule has 1 aromatic carbocycles. The van der Waals surface area contributed by atoms with Gasteiger partial charge < -0.3 is 10.6 Å². The number of rotatable bonds is 1. The molecule has 1 saturated heterocycles. The Morgan fingerprint density at radius 3 is 2.65 bits per heavy atom. The van der Waals surface area contributed by atoms with E-state index in [1.165, 1.54) is 0 Å². The first-order chi connectivity index (χ1) is 8.13. The zero-order valence-corrected chi connectivity index (χ0v) is 9.76. The summed E-state index contributed by atoms with van der Waals surface area (Å²) in [6, 6.07) is 9.22. The molecule has 2 unspecified atom stereocenters. The van der Waals surface area contributed by atoms with E-state index in [1.807, 2.05) is 12.1 Å². The van der Waals surface area contributed by atoms with Crippen molar-refractivity contribution in [3.63, 3.8) is 0 Å². The van der Waals surface area contributed by atoms with Gasteiger partial charge in [0.25, 0.3) is 0 Å². The van der Waals surface area contributed by atoms with Crippen LogP contribution in [0, 0.1) is 11.3 Å². The lowest BCUT2D eigenvalue weighted by atomic mass is 9.91. The topological polar surface area (TPSA) is 70.1 Å². The summed E-state index contributed by atoms with van der Waals surface area (Å²) in [6.07, 6.45) is 1.23. The number of nitriles is 1. The molecular weight excluding hydrogens is 214 g/mol. The minimum atomic E-state index is -0.0796.